The van der Waals surface area contributed by atoms with E-state index in [4.69, 9.17) is 16.3 Å². The molecule has 0 spiro atoms. The summed E-state index contributed by atoms with van der Waals surface area (Å²) in [6.07, 6.45) is 4.46. The highest BCUT2D eigenvalue weighted by molar-refractivity contribution is 6.30. The van der Waals surface area contributed by atoms with Crippen LogP contribution in [0.4, 0.5) is 0 Å². The lowest BCUT2D eigenvalue weighted by molar-refractivity contribution is 0.225. The second kappa shape index (κ2) is 6.53. The molecular formula is C14H22ClN3O. The van der Waals surface area contributed by atoms with E-state index in [0.717, 1.165) is 36.8 Å². The summed E-state index contributed by atoms with van der Waals surface area (Å²) in [5.41, 5.74) is 0.829. The van der Waals surface area contributed by atoms with Crippen molar-refractivity contribution >= 4 is 11.6 Å². The molecule has 5 heteroatoms. The zero-order chi connectivity index (χ0) is 13.8. The lowest BCUT2D eigenvalue weighted by Crippen LogP contribution is -2.26. The van der Waals surface area contributed by atoms with Crippen LogP contribution in [0.25, 0.3) is 0 Å². The highest BCUT2D eigenvalue weighted by Gasteiger charge is 2.25. The fraction of sp³-hybridized carbons (Fsp3) is 0.714. The molecule has 106 valence electrons. The van der Waals surface area contributed by atoms with Crippen LogP contribution in [0.15, 0.2) is 0 Å². The summed E-state index contributed by atoms with van der Waals surface area (Å²) in [5.74, 6) is 1.40. The van der Waals surface area contributed by atoms with Crippen LogP contribution in [0.5, 0.6) is 5.88 Å². The molecule has 0 saturated heterocycles. The van der Waals surface area contributed by atoms with Crippen molar-refractivity contribution in [2.24, 2.45) is 0 Å². The second-order valence-corrected chi connectivity index (χ2v) is 5.53. The molecule has 0 aliphatic heterocycles. The van der Waals surface area contributed by atoms with Crippen molar-refractivity contribution in [1.29, 1.82) is 0 Å². The van der Waals surface area contributed by atoms with Gasteiger partial charge >= 0.3 is 0 Å². The Bertz CT molecular complexity index is 435. The van der Waals surface area contributed by atoms with Gasteiger partial charge in [-0.05, 0) is 33.2 Å². The van der Waals surface area contributed by atoms with Gasteiger partial charge in [0.2, 0.25) is 5.88 Å². The Hall–Kier alpha value is -0.870. The summed E-state index contributed by atoms with van der Waals surface area (Å²) < 4.78 is 5.78. The molecule has 19 heavy (non-hydrogen) atoms. The molecule has 1 fully saturated rings. The van der Waals surface area contributed by atoms with Gasteiger partial charge in [0.1, 0.15) is 17.6 Å². The van der Waals surface area contributed by atoms with Gasteiger partial charge < -0.3 is 9.64 Å². The third-order valence-electron chi connectivity index (χ3n) is 3.41. The second-order valence-electron chi connectivity index (χ2n) is 5.17. The monoisotopic (exact) mass is 283 g/mol. The average molecular weight is 284 g/mol. The van der Waals surface area contributed by atoms with Crippen LogP contribution in [0, 0.1) is 6.92 Å². The van der Waals surface area contributed by atoms with E-state index >= 15 is 0 Å². The molecule has 1 aliphatic carbocycles. The maximum absolute atomic E-state index is 6.12. The van der Waals surface area contributed by atoms with Gasteiger partial charge in [-0.2, -0.15) is 4.98 Å². The number of hydrogen-bond donors (Lipinski definition) is 0. The third-order valence-corrected chi connectivity index (χ3v) is 3.78. The molecule has 2 rings (SSSR count). The van der Waals surface area contributed by atoms with Gasteiger partial charge in [0.05, 0.1) is 0 Å². The first-order chi connectivity index (χ1) is 9.11. The number of ether oxygens (including phenoxy) is 1. The fourth-order valence-electron chi connectivity index (χ4n) is 1.97. The Morgan fingerprint density at radius 3 is 2.74 bits per heavy atom. The van der Waals surface area contributed by atoms with Crippen LogP contribution in [-0.2, 0) is 6.42 Å². The van der Waals surface area contributed by atoms with Crippen molar-refractivity contribution in [2.45, 2.75) is 45.6 Å². The number of hydrogen-bond acceptors (Lipinski definition) is 4. The molecule has 0 unspecified atom stereocenters. The Morgan fingerprint density at radius 1 is 1.37 bits per heavy atom. The van der Waals surface area contributed by atoms with Gasteiger partial charge in [-0.15, -0.1) is 0 Å². The minimum Gasteiger partial charge on any atom is -0.476 e. The molecule has 0 atom stereocenters. The SMILES string of the molecule is CCCc1nc(Cl)c(C)c(OCCN(C)C2CC2)n1. The number of aromatic nitrogens is 2. The first-order valence-electron chi connectivity index (χ1n) is 6.98. The summed E-state index contributed by atoms with van der Waals surface area (Å²) in [6.45, 7) is 5.57. The Kier molecular flexibility index (Phi) is 4.99. The minimum absolute atomic E-state index is 0.504. The van der Waals surface area contributed by atoms with Gasteiger partial charge in [0.25, 0.3) is 0 Å². The summed E-state index contributed by atoms with van der Waals surface area (Å²) >= 11 is 6.12. The van der Waals surface area contributed by atoms with E-state index in [9.17, 15) is 0 Å². The normalized spacial score (nSPS) is 15.0. The van der Waals surface area contributed by atoms with Crippen molar-refractivity contribution in [3.63, 3.8) is 0 Å². The molecular weight excluding hydrogens is 262 g/mol. The maximum atomic E-state index is 6.12. The van der Waals surface area contributed by atoms with Crippen LogP contribution < -0.4 is 4.74 Å². The predicted octanol–water partition coefficient (Wildman–Crippen LogP) is 2.86. The fourth-order valence-corrected chi connectivity index (χ4v) is 2.15. The Labute approximate surface area is 120 Å². The molecule has 0 bridgehead atoms. The summed E-state index contributed by atoms with van der Waals surface area (Å²) in [7, 11) is 2.14. The van der Waals surface area contributed by atoms with Gasteiger partial charge in [-0.25, -0.2) is 4.98 Å². The molecule has 0 amide bonds. The van der Waals surface area contributed by atoms with Crippen LogP contribution in [-0.4, -0.2) is 41.1 Å². The van der Waals surface area contributed by atoms with Crippen molar-refractivity contribution in [2.75, 3.05) is 20.2 Å². The molecule has 1 aliphatic rings. The predicted molar refractivity (Wildman–Crippen MR) is 76.9 cm³/mol. The number of likely N-dealkylation sites (N-methyl/N-ethyl adjacent to an activating group) is 1. The Balaban J connectivity index is 1.93. The van der Waals surface area contributed by atoms with E-state index in [0.29, 0.717) is 17.6 Å². The molecule has 1 aromatic rings. The summed E-state index contributed by atoms with van der Waals surface area (Å²) in [4.78, 5) is 11.1. The molecule has 0 radical (unpaired) electrons. The van der Waals surface area contributed by atoms with E-state index in [1.807, 2.05) is 6.92 Å². The van der Waals surface area contributed by atoms with Crippen molar-refractivity contribution in [3.05, 3.63) is 16.5 Å². The summed E-state index contributed by atoms with van der Waals surface area (Å²) in [5, 5.41) is 0.504. The zero-order valence-electron chi connectivity index (χ0n) is 11.9. The number of aryl methyl sites for hydroxylation is 1. The van der Waals surface area contributed by atoms with Gasteiger partial charge in [0.15, 0.2) is 0 Å². The highest BCUT2D eigenvalue weighted by atomic mass is 35.5. The number of rotatable bonds is 7. The van der Waals surface area contributed by atoms with Gasteiger partial charge in [-0.1, -0.05) is 18.5 Å². The van der Waals surface area contributed by atoms with Crippen molar-refractivity contribution in [3.8, 4) is 5.88 Å². The van der Waals surface area contributed by atoms with Crippen LogP contribution in [0.1, 0.15) is 37.6 Å². The number of nitrogens with zero attached hydrogens (tertiary/aromatic N) is 3. The smallest absolute Gasteiger partial charge is 0.221 e. The van der Waals surface area contributed by atoms with Crippen molar-refractivity contribution < 1.29 is 4.74 Å². The molecule has 1 heterocycles. The largest absolute Gasteiger partial charge is 0.476 e. The molecule has 1 aromatic heterocycles. The highest BCUT2D eigenvalue weighted by Crippen LogP contribution is 2.25. The van der Waals surface area contributed by atoms with Crippen LogP contribution in [0.2, 0.25) is 5.15 Å². The molecule has 1 saturated carbocycles. The van der Waals surface area contributed by atoms with Crippen LogP contribution >= 0.6 is 11.6 Å². The van der Waals surface area contributed by atoms with Gasteiger partial charge in [-0.3, -0.25) is 0 Å². The standard InChI is InChI=1S/C14H22ClN3O/c1-4-5-12-16-13(15)10(2)14(17-12)19-9-8-18(3)11-6-7-11/h11H,4-9H2,1-3H3. The zero-order valence-corrected chi connectivity index (χ0v) is 12.7. The first kappa shape index (κ1) is 14.5. The third kappa shape index (κ3) is 4.05. The van der Waals surface area contributed by atoms with Gasteiger partial charge in [0, 0.05) is 24.6 Å². The quantitative estimate of drug-likeness (QED) is 0.721. The molecule has 0 aromatic carbocycles. The lowest BCUT2D eigenvalue weighted by atomic mass is 10.3. The summed E-state index contributed by atoms with van der Waals surface area (Å²) in [6, 6.07) is 0.759. The van der Waals surface area contributed by atoms with Crippen LogP contribution in [0.3, 0.4) is 0 Å². The van der Waals surface area contributed by atoms with E-state index in [1.54, 1.807) is 0 Å². The molecule has 0 N–H and O–H groups in total. The number of halogens is 1. The van der Waals surface area contributed by atoms with E-state index in [2.05, 4.69) is 28.8 Å². The average Bonchev–Trinajstić information content (AvgIpc) is 3.19. The topological polar surface area (TPSA) is 38.2 Å². The Morgan fingerprint density at radius 2 is 2.11 bits per heavy atom. The lowest BCUT2D eigenvalue weighted by Gasteiger charge is -2.16. The van der Waals surface area contributed by atoms with E-state index in [1.165, 1.54) is 12.8 Å². The first-order valence-corrected chi connectivity index (χ1v) is 7.35. The molecule has 4 nitrogen and oxygen atoms in total. The minimum atomic E-state index is 0.504. The van der Waals surface area contributed by atoms with Crippen molar-refractivity contribution in [1.82, 2.24) is 14.9 Å². The maximum Gasteiger partial charge on any atom is 0.221 e. The van der Waals surface area contributed by atoms with E-state index in [-0.39, 0.29) is 0 Å². The van der Waals surface area contributed by atoms with E-state index < -0.39 is 0 Å².